The molecule has 2 aromatic rings. The molecule has 0 heterocycles. The number of hydrogen-bond donors (Lipinski definition) is 1. The van der Waals surface area contributed by atoms with E-state index in [0.29, 0.717) is 18.6 Å². The van der Waals surface area contributed by atoms with Gasteiger partial charge in [0, 0.05) is 12.8 Å². The van der Waals surface area contributed by atoms with Gasteiger partial charge in [-0.25, -0.2) is 4.79 Å². The highest BCUT2D eigenvalue weighted by atomic mass is 16.5. The first-order valence-corrected chi connectivity index (χ1v) is 6.28. The molecule has 0 aliphatic heterocycles. The molecule has 3 heteroatoms. The van der Waals surface area contributed by atoms with Gasteiger partial charge in [-0.2, -0.15) is 0 Å². The molecule has 0 unspecified atom stereocenters. The number of rotatable bonds is 4. The summed E-state index contributed by atoms with van der Waals surface area (Å²) in [6, 6.07) is 17.6. The highest BCUT2D eigenvalue weighted by Gasteiger charge is 2.53. The van der Waals surface area contributed by atoms with Gasteiger partial charge in [0.05, 0.1) is 0 Å². The zero-order chi connectivity index (χ0) is 13.3. The Morgan fingerprint density at radius 1 is 0.947 bits per heavy atom. The van der Waals surface area contributed by atoms with Crippen LogP contribution in [0.4, 0.5) is 0 Å². The SMILES string of the molecule is O=C(O)C1(Oc2ccc(-c3ccccc3)cc2)CC1. The minimum Gasteiger partial charge on any atom is -0.478 e. The van der Waals surface area contributed by atoms with Crippen LogP contribution in [0.25, 0.3) is 11.1 Å². The van der Waals surface area contributed by atoms with Crippen molar-refractivity contribution in [1.82, 2.24) is 0 Å². The summed E-state index contributed by atoms with van der Waals surface area (Å²) in [5, 5.41) is 9.07. The van der Waals surface area contributed by atoms with E-state index in [1.807, 2.05) is 54.6 Å². The predicted octanol–water partition coefficient (Wildman–Crippen LogP) is 3.35. The summed E-state index contributed by atoms with van der Waals surface area (Å²) in [6.07, 6.45) is 1.17. The maximum Gasteiger partial charge on any atom is 0.348 e. The molecule has 0 bridgehead atoms. The molecular formula is C16H14O3. The summed E-state index contributed by atoms with van der Waals surface area (Å²) in [6.45, 7) is 0. The summed E-state index contributed by atoms with van der Waals surface area (Å²) >= 11 is 0. The minimum absolute atomic E-state index is 0.586. The molecule has 3 rings (SSSR count). The number of hydrogen-bond acceptors (Lipinski definition) is 2. The number of aliphatic carboxylic acids is 1. The topological polar surface area (TPSA) is 46.5 Å². The van der Waals surface area contributed by atoms with E-state index in [9.17, 15) is 4.79 Å². The smallest absolute Gasteiger partial charge is 0.348 e. The first kappa shape index (κ1) is 11.8. The van der Waals surface area contributed by atoms with Crippen molar-refractivity contribution in [3.05, 3.63) is 54.6 Å². The third kappa shape index (κ3) is 2.32. The second kappa shape index (κ2) is 4.43. The van der Waals surface area contributed by atoms with Crippen LogP contribution in [0.15, 0.2) is 54.6 Å². The van der Waals surface area contributed by atoms with Crippen molar-refractivity contribution in [2.75, 3.05) is 0 Å². The van der Waals surface area contributed by atoms with Gasteiger partial charge in [0.15, 0.2) is 0 Å². The van der Waals surface area contributed by atoms with Crippen molar-refractivity contribution >= 4 is 5.97 Å². The highest BCUT2D eigenvalue weighted by Crippen LogP contribution is 2.40. The van der Waals surface area contributed by atoms with Crippen LogP contribution in [0.5, 0.6) is 5.75 Å². The van der Waals surface area contributed by atoms with Crippen LogP contribution >= 0.6 is 0 Å². The molecule has 2 aromatic carbocycles. The van der Waals surface area contributed by atoms with Gasteiger partial charge in [0.25, 0.3) is 0 Å². The minimum atomic E-state index is -0.978. The largest absolute Gasteiger partial charge is 0.478 e. The Hall–Kier alpha value is -2.29. The van der Waals surface area contributed by atoms with Crippen molar-refractivity contribution in [2.24, 2.45) is 0 Å². The van der Waals surface area contributed by atoms with Gasteiger partial charge in [-0.1, -0.05) is 42.5 Å². The van der Waals surface area contributed by atoms with Crippen LogP contribution < -0.4 is 4.74 Å². The third-order valence-corrected chi connectivity index (χ3v) is 3.37. The lowest BCUT2D eigenvalue weighted by atomic mass is 10.1. The lowest BCUT2D eigenvalue weighted by Gasteiger charge is -2.13. The third-order valence-electron chi connectivity index (χ3n) is 3.37. The van der Waals surface area contributed by atoms with Crippen LogP contribution in [0.2, 0.25) is 0 Å². The molecule has 1 N–H and O–H groups in total. The van der Waals surface area contributed by atoms with Crippen LogP contribution in [0, 0.1) is 0 Å². The van der Waals surface area contributed by atoms with Gasteiger partial charge < -0.3 is 9.84 Å². The molecular weight excluding hydrogens is 240 g/mol. The maximum atomic E-state index is 11.1. The second-order valence-corrected chi connectivity index (χ2v) is 4.79. The first-order valence-electron chi connectivity index (χ1n) is 6.28. The predicted molar refractivity (Wildman–Crippen MR) is 72.1 cm³/mol. The maximum absolute atomic E-state index is 11.1. The van der Waals surface area contributed by atoms with Crippen molar-refractivity contribution < 1.29 is 14.6 Å². The van der Waals surface area contributed by atoms with Crippen molar-refractivity contribution in [2.45, 2.75) is 18.4 Å². The van der Waals surface area contributed by atoms with Gasteiger partial charge >= 0.3 is 5.97 Å². The summed E-state index contributed by atoms with van der Waals surface area (Å²) in [5.41, 5.74) is 1.25. The Morgan fingerprint density at radius 2 is 1.53 bits per heavy atom. The quantitative estimate of drug-likeness (QED) is 0.910. The summed E-state index contributed by atoms with van der Waals surface area (Å²) in [7, 11) is 0. The average molecular weight is 254 g/mol. The van der Waals surface area contributed by atoms with Gasteiger partial charge in [-0.15, -0.1) is 0 Å². The summed E-state index contributed by atoms with van der Waals surface area (Å²) in [5.74, 6) is -0.265. The van der Waals surface area contributed by atoms with Gasteiger partial charge in [-0.3, -0.25) is 0 Å². The van der Waals surface area contributed by atoms with Crippen molar-refractivity contribution in [1.29, 1.82) is 0 Å². The molecule has 0 radical (unpaired) electrons. The summed E-state index contributed by atoms with van der Waals surface area (Å²) in [4.78, 5) is 11.1. The van der Waals surface area contributed by atoms with E-state index in [1.54, 1.807) is 0 Å². The molecule has 1 fully saturated rings. The molecule has 0 aromatic heterocycles. The molecule has 3 nitrogen and oxygen atoms in total. The molecule has 1 saturated carbocycles. The zero-order valence-electron chi connectivity index (χ0n) is 10.4. The fourth-order valence-corrected chi connectivity index (χ4v) is 2.04. The molecule has 0 spiro atoms. The van der Waals surface area contributed by atoms with Crippen LogP contribution in [-0.2, 0) is 4.79 Å². The normalized spacial score (nSPS) is 15.8. The van der Waals surface area contributed by atoms with Gasteiger partial charge in [0.1, 0.15) is 5.75 Å². The second-order valence-electron chi connectivity index (χ2n) is 4.79. The van der Waals surface area contributed by atoms with Crippen molar-refractivity contribution in [3.63, 3.8) is 0 Å². The Morgan fingerprint density at radius 3 is 2.05 bits per heavy atom. The van der Waals surface area contributed by atoms with E-state index in [-0.39, 0.29) is 0 Å². The Labute approximate surface area is 111 Å². The lowest BCUT2D eigenvalue weighted by molar-refractivity contribution is -0.147. The van der Waals surface area contributed by atoms with Crippen LogP contribution in [0.1, 0.15) is 12.8 Å². The molecule has 0 amide bonds. The number of benzene rings is 2. The number of carbonyl (C=O) groups is 1. The highest BCUT2D eigenvalue weighted by molar-refractivity contribution is 5.81. The molecule has 0 saturated heterocycles. The number of ether oxygens (including phenoxy) is 1. The number of carboxylic acid groups (broad SMARTS) is 1. The van der Waals surface area contributed by atoms with E-state index in [1.165, 1.54) is 0 Å². The van der Waals surface area contributed by atoms with Gasteiger partial charge in [-0.05, 0) is 23.3 Å². The van der Waals surface area contributed by atoms with E-state index >= 15 is 0 Å². The van der Waals surface area contributed by atoms with Crippen LogP contribution in [0.3, 0.4) is 0 Å². The first-order chi connectivity index (χ1) is 9.20. The van der Waals surface area contributed by atoms with E-state index < -0.39 is 11.6 Å². The molecule has 19 heavy (non-hydrogen) atoms. The summed E-state index contributed by atoms with van der Waals surface area (Å²) < 4.78 is 5.57. The van der Waals surface area contributed by atoms with Gasteiger partial charge in [0.2, 0.25) is 5.60 Å². The Kier molecular flexibility index (Phi) is 2.75. The monoisotopic (exact) mass is 254 g/mol. The number of carboxylic acids is 1. The Bertz CT molecular complexity index is 583. The fourth-order valence-electron chi connectivity index (χ4n) is 2.04. The molecule has 0 atom stereocenters. The zero-order valence-corrected chi connectivity index (χ0v) is 10.4. The lowest BCUT2D eigenvalue weighted by Crippen LogP contribution is -2.28. The fraction of sp³-hybridized carbons (Fsp3) is 0.188. The average Bonchev–Trinajstić information content (AvgIpc) is 3.22. The van der Waals surface area contributed by atoms with Crippen LogP contribution in [-0.4, -0.2) is 16.7 Å². The van der Waals surface area contributed by atoms with E-state index in [4.69, 9.17) is 9.84 Å². The van der Waals surface area contributed by atoms with E-state index in [0.717, 1.165) is 11.1 Å². The molecule has 1 aliphatic rings. The molecule has 1 aliphatic carbocycles. The van der Waals surface area contributed by atoms with E-state index in [2.05, 4.69) is 0 Å². The standard InChI is InChI=1S/C16H14O3/c17-15(18)16(10-11-16)19-14-8-6-13(7-9-14)12-4-2-1-3-5-12/h1-9H,10-11H2,(H,17,18). The van der Waals surface area contributed by atoms with Crippen molar-refractivity contribution in [3.8, 4) is 16.9 Å². The molecule has 96 valence electrons. The Balaban J connectivity index is 1.78.